The van der Waals surface area contributed by atoms with E-state index < -0.39 is 0 Å². The molecule has 0 spiro atoms. The van der Waals surface area contributed by atoms with E-state index in [-0.39, 0.29) is 0 Å². The lowest BCUT2D eigenvalue weighted by atomic mass is 10.2. The molecule has 0 atom stereocenters. The third-order valence-corrected chi connectivity index (χ3v) is 2.43. The van der Waals surface area contributed by atoms with Crippen molar-refractivity contribution in [1.29, 1.82) is 0 Å². The highest BCUT2D eigenvalue weighted by atomic mass is 32.1. The molecule has 0 radical (unpaired) electrons. The average molecular weight is 235 g/mol. The summed E-state index contributed by atoms with van der Waals surface area (Å²) in [6.07, 6.45) is 1.00. The summed E-state index contributed by atoms with van der Waals surface area (Å²) in [5, 5.41) is 6.62. The molecule has 84 valence electrons. The number of aryl methyl sites for hydroxylation is 1. The molecule has 1 aromatic heterocycles. The summed E-state index contributed by atoms with van der Waals surface area (Å²) < 4.78 is 6.10. The topological polar surface area (TPSA) is 53.7 Å². The minimum absolute atomic E-state index is 0.389. The predicted molar refractivity (Wildman–Crippen MR) is 63.9 cm³/mol. The maximum absolute atomic E-state index is 5.59. The molecule has 5 heteroatoms. The molecule has 0 aliphatic carbocycles. The molecule has 4 nitrogen and oxygen atoms in total. The number of aromatic amines is 2. The first-order valence-electron chi connectivity index (χ1n) is 5.13. The molecule has 0 aliphatic rings. The normalized spacial score (nSPS) is 10.3. The van der Waals surface area contributed by atoms with Crippen molar-refractivity contribution < 1.29 is 4.74 Å². The van der Waals surface area contributed by atoms with Crippen molar-refractivity contribution in [2.45, 2.75) is 20.0 Å². The van der Waals surface area contributed by atoms with Crippen LogP contribution in [0.2, 0.25) is 0 Å². The summed E-state index contributed by atoms with van der Waals surface area (Å²) in [4.78, 5) is 2.90. The minimum Gasteiger partial charge on any atom is -0.486 e. The summed E-state index contributed by atoms with van der Waals surface area (Å²) in [7, 11) is 0. The van der Waals surface area contributed by atoms with Gasteiger partial charge in [-0.15, -0.1) is 0 Å². The monoisotopic (exact) mass is 235 g/mol. The van der Waals surface area contributed by atoms with Gasteiger partial charge < -0.3 is 9.72 Å². The van der Waals surface area contributed by atoms with Gasteiger partial charge >= 0.3 is 0 Å². The van der Waals surface area contributed by atoms with Crippen LogP contribution in [0, 0.1) is 4.77 Å². The quantitative estimate of drug-likeness (QED) is 0.801. The Morgan fingerprint density at radius 2 is 2.31 bits per heavy atom. The van der Waals surface area contributed by atoms with E-state index in [0.29, 0.717) is 17.2 Å². The van der Waals surface area contributed by atoms with Gasteiger partial charge in [-0.3, -0.25) is 5.10 Å². The molecule has 0 aliphatic heterocycles. The molecule has 0 fully saturated rings. The fourth-order valence-corrected chi connectivity index (χ4v) is 1.54. The lowest BCUT2D eigenvalue weighted by molar-refractivity contribution is 0.296. The fourth-order valence-electron chi connectivity index (χ4n) is 1.38. The Morgan fingerprint density at radius 3 is 3.00 bits per heavy atom. The maximum atomic E-state index is 5.59. The zero-order valence-corrected chi connectivity index (χ0v) is 9.80. The van der Waals surface area contributed by atoms with Crippen molar-refractivity contribution in [3.63, 3.8) is 0 Å². The first kappa shape index (κ1) is 10.9. The van der Waals surface area contributed by atoms with Crippen molar-refractivity contribution >= 4 is 12.2 Å². The molecule has 2 N–H and O–H groups in total. The van der Waals surface area contributed by atoms with Crippen LogP contribution in [0.25, 0.3) is 0 Å². The number of nitrogens with one attached hydrogen (secondary N) is 2. The molecular weight excluding hydrogens is 222 g/mol. The molecule has 0 saturated carbocycles. The van der Waals surface area contributed by atoms with Gasteiger partial charge in [0.15, 0.2) is 10.6 Å². The summed E-state index contributed by atoms with van der Waals surface area (Å²) in [6.45, 7) is 2.50. The predicted octanol–water partition coefficient (Wildman–Crippen LogP) is 2.61. The van der Waals surface area contributed by atoms with E-state index in [9.17, 15) is 0 Å². The Kier molecular flexibility index (Phi) is 3.36. The number of nitrogens with zero attached hydrogens (tertiary/aromatic N) is 1. The van der Waals surface area contributed by atoms with Gasteiger partial charge in [-0.05, 0) is 36.3 Å². The van der Waals surface area contributed by atoms with Crippen molar-refractivity contribution in [3.8, 4) is 5.75 Å². The molecule has 16 heavy (non-hydrogen) atoms. The molecule has 0 amide bonds. The summed E-state index contributed by atoms with van der Waals surface area (Å²) in [5.74, 6) is 1.55. The number of hydrogen-bond donors (Lipinski definition) is 2. The number of ether oxygens (including phenoxy) is 1. The van der Waals surface area contributed by atoms with E-state index in [2.05, 4.69) is 28.2 Å². The minimum atomic E-state index is 0.389. The second kappa shape index (κ2) is 4.94. The first-order chi connectivity index (χ1) is 7.78. The SMILES string of the molecule is CCc1cccc(OCc2n[nH]c(=S)[nH]2)c1. The zero-order valence-electron chi connectivity index (χ0n) is 8.99. The van der Waals surface area contributed by atoms with E-state index in [0.717, 1.165) is 12.2 Å². The van der Waals surface area contributed by atoms with E-state index in [1.54, 1.807) is 0 Å². The maximum Gasteiger partial charge on any atom is 0.192 e. The first-order valence-corrected chi connectivity index (χ1v) is 5.54. The van der Waals surface area contributed by atoms with E-state index in [1.165, 1.54) is 5.56 Å². The molecule has 2 rings (SSSR count). The van der Waals surface area contributed by atoms with E-state index in [4.69, 9.17) is 17.0 Å². The lowest BCUT2D eigenvalue weighted by Crippen LogP contribution is -1.97. The number of benzene rings is 1. The molecule has 0 unspecified atom stereocenters. The van der Waals surface area contributed by atoms with Crippen LogP contribution in [-0.4, -0.2) is 15.2 Å². The van der Waals surface area contributed by atoms with Crippen molar-refractivity contribution in [1.82, 2.24) is 15.2 Å². The number of aromatic nitrogens is 3. The smallest absolute Gasteiger partial charge is 0.192 e. The van der Waals surface area contributed by atoms with E-state index >= 15 is 0 Å². The molecule has 0 saturated heterocycles. The van der Waals surface area contributed by atoms with Crippen LogP contribution in [0.3, 0.4) is 0 Å². The van der Waals surface area contributed by atoms with Crippen LogP contribution >= 0.6 is 12.2 Å². The van der Waals surface area contributed by atoms with Gasteiger partial charge in [0.2, 0.25) is 0 Å². The Hall–Kier alpha value is -1.62. The molecular formula is C11H13N3OS. The van der Waals surface area contributed by atoms with Crippen LogP contribution in [0.1, 0.15) is 18.3 Å². The Balaban J connectivity index is 2.01. The Bertz CT molecular complexity index is 518. The highest BCUT2D eigenvalue weighted by Crippen LogP contribution is 2.14. The van der Waals surface area contributed by atoms with Crippen molar-refractivity contribution in [2.24, 2.45) is 0 Å². The average Bonchev–Trinajstić information content (AvgIpc) is 2.73. The zero-order chi connectivity index (χ0) is 11.4. The summed E-state index contributed by atoms with van der Waals surface area (Å²) in [5.41, 5.74) is 1.26. The third-order valence-electron chi connectivity index (χ3n) is 2.23. The Labute approximate surface area is 98.7 Å². The molecule has 1 aromatic carbocycles. The standard InChI is InChI=1S/C11H13N3OS/c1-2-8-4-3-5-9(6-8)15-7-10-12-11(16)14-13-10/h3-6H,2,7H2,1H3,(H2,12,13,14,16). The highest BCUT2D eigenvalue weighted by molar-refractivity contribution is 7.71. The Morgan fingerprint density at radius 1 is 1.44 bits per heavy atom. The van der Waals surface area contributed by atoms with Gasteiger partial charge in [-0.2, -0.15) is 5.10 Å². The molecule has 2 aromatic rings. The second-order valence-electron chi connectivity index (χ2n) is 3.41. The largest absolute Gasteiger partial charge is 0.486 e. The number of H-pyrrole nitrogens is 2. The van der Waals surface area contributed by atoms with Gasteiger partial charge in [0.05, 0.1) is 0 Å². The van der Waals surface area contributed by atoms with Gasteiger partial charge in [-0.1, -0.05) is 19.1 Å². The fraction of sp³-hybridized carbons (Fsp3) is 0.273. The van der Waals surface area contributed by atoms with Gasteiger partial charge in [0.1, 0.15) is 12.4 Å². The van der Waals surface area contributed by atoms with E-state index in [1.807, 2.05) is 18.2 Å². The molecule has 0 bridgehead atoms. The van der Waals surface area contributed by atoms with Crippen molar-refractivity contribution in [3.05, 3.63) is 40.4 Å². The lowest BCUT2D eigenvalue weighted by Gasteiger charge is -2.05. The second-order valence-corrected chi connectivity index (χ2v) is 3.82. The van der Waals surface area contributed by atoms with Gasteiger partial charge in [0, 0.05) is 0 Å². The van der Waals surface area contributed by atoms with Crippen molar-refractivity contribution in [2.75, 3.05) is 0 Å². The van der Waals surface area contributed by atoms with Crippen LogP contribution < -0.4 is 4.74 Å². The van der Waals surface area contributed by atoms with Crippen LogP contribution in [-0.2, 0) is 13.0 Å². The summed E-state index contributed by atoms with van der Waals surface area (Å²) >= 11 is 4.87. The number of hydrogen-bond acceptors (Lipinski definition) is 3. The van der Waals surface area contributed by atoms with Crippen LogP contribution in [0.15, 0.2) is 24.3 Å². The highest BCUT2D eigenvalue weighted by Gasteiger charge is 1.99. The van der Waals surface area contributed by atoms with Gasteiger partial charge in [-0.25, -0.2) is 0 Å². The number of rotatable bonds is 4. The molecule has 1 heterocycles. The van der Waals surface area contributed by atoms with Crippen LogP contribution in [0.4, 0.5) is 0 Å². The van der Waals surface area contributed by atoms with Gasteiger partial charge in [0.25, 0.3) is 0 Å². The van der Waals surface area contributed by atoms with Crippen LogP contribution in [0.5, 0.6) is 5.75 Å². The summed E-state index contributed by atoms with van der Waals surface area (Å²) in [6, 6.07) is 8.03. The third kappa shape index (κ3) is 2.70.